The van der Waals surface area contributed by atoms with E-state index in [1.54, 1.807) is 11.3 Å². The Morgan fingerprint density at radius 1 is 1.53 bits per heavy atom. The molecule has 0 aromatic carbocycles. The largest absolute Gasteiger partial charge is 0.395 e. The second kappa shape index (κ2) is 7.78. The van der Waals surface area contributed by atoms with E-state index in [4.69, 9.17) is 9.84 Å². The van der Waals surface area contributed by atoms with Crippen LogP contribution in [0.4, 0.5) is 0 Å². The number of aliphatic hydroxyl groups excluding tert-OH is 2. The summed E-state index contributed by atoms with van der Waals surface area (Å²) in [6.07, 6.45) is -0.517. The van der Waals surface area contributed by atoms with Gasteiger partial charge >= 0.3 is 0 Å². The van der Waals surface area contributed by atoms with E-state index in [9.17, 15) is 5.11 Å². The minimum atomic E-state index is -0.517. The average Bonchev–Trinajstić information content (AvgIpc) is 2.71. The third-order valence-electron chi connectivity index (χ3n) is 1.80. The predicted molar refractivity (Wildman–Crippen MR) is 59.9 cm³/mol. The lowest BCUT2D eigenvalue weighted by atomic mass is 10.4. The van der Waals surface area contributed by atoms with Crippen LogP contribution in [0.2, 0.25) is 0 Å². The van der Waals surface area contributed by atoms with Gasteiger partial charge in [0.2, 0.25) is 0 Å². The zero-order valence-corrected chi connectivity index (χ0v) is 9.37. The molecule has 4 nitrogen and oxygen atoms in total. The van der Waals surface area contributed by atoms with Gasteiger partial charge < -0.3 is 20.3 Å². The molecule has 1 aromatic heterocycles. The van der Waals surface area contributed by atoms with Gasteiger partial charge in [-0.15, -0.1) is 11.3 Å². The van der Waals surface area contributed by atoms with Crippen molar-refractivity contribution in [1.29, 1.82) is 0 Å². The van der Waals surface area contributed by atoms with Crippen molar-refractivity contribution in [2.75, 3.05) is 26.3 Å². The van der Waals surface area contributed by atoms with E-state index in [-0.39, 0.29) is 6.61 Å². The van der Waals surface area contributed by atoms with Gasteiger partial charge in [-0.05, 0) is 11.4 Å². The van der Waals surface area contributed by atoms with Gasteiger partial charge in [0.05, 0.1) is 25.9 Å². The van der Waals surface area contributed by atoms with Crippen molar-refractivity contribution in [1.82, 2.24) is 5.32 Å². The molecule has 0 bridgehead atoms. The molecule has 1 aromatic rings. The van der Waals surface area contributed by atoms with Gasteiger partial charge in [0.1, 0.15) is 0 Å². The lowest BCUT2D eigenvalue weighted by Crippen LogP contribution is -2.31. The minimum absolute atomic E-state index is 0.0861. The van der Waals surface area contributed by atoms with Crippen LogP contribution >= 0.6 is 11.3 Å². The molecule has 1 atom stereocenters. The van der Waals surface area contributed by atoms with Crippen LogP contribution in [0.3, 0.4) is 0 Å². The van der Waals surface area contributed by atoms with Crippen molar-refractivity contribution in [3.8, 4) is 0 Å². The van der Waals surface area contributed by atoms with Gasteiger partial charge in [-0.25, -0.2) is 0 Å². The molecular formula is C10H17NO3S. The Kier molecular flexibility index (Phi) is 6.54. The molecule has 0 aliphatic rings. The molecule has 1 rings (SSSR count). The normalized spacial score (nSPS) is 12.9. The summed E-state index contributed by atoms with van der Waals surface area (Å²) in [5.74, 6) is 0. The van der Waals surface area contributed by atoms with Crippen molar-refractivity contribution in [2.45, 2.75) is 12.7 Å². The number of hydrogen-bond donors (Lipinski definition) is 3. The number of aliphatic hydroxyl groups is 2. The molecule has 0 spiro atoms. The van der Waals surface area contributed by atoms with E-state index in [0.717, 1.165) is 4.88 Å². The zero-order chi connectivity index (χ0) is 10.9. The second-order valence-corrected chi connectivity index (χ2v) is 4.21. The molecule has 1 heterocycles. The van der Waals surface area contributed by atoms with E-state index in [1.165, 1.54) is 0 Å². The van der Waals surface area contributed by atoms with Crippen LogP contribution in [0.15, 0.2) is 17.5 Å². The Hall–Kier alpha value is -0.460. The quantitative estimate of drug-likeness (QED) is 0.560. The summed E-state index contributed by atoms with van der Waals surface area (Å²) in [7, 11) is 0. The Balaban J connectivity index is 1.99. The lowest BCUT2D eigenvalue weighted by Gasteiger charge is -2.11. The molecular weight excluding hydrogens is 214 g/mol. The number of thiophene rings is 1. The molecule has 15 heavy (non-hydrogen) atoms. The molecule has 0 saturated carbocycles. The first kappa shape index (κ1) is 12.6. The van der Waals surface area contributed by atoms with Crippen LogP contribution < -0.4 is 5.32 Å². The Morgan fingerprint density at radius 3 is 3.07 bits per heavy atom. The van der Waals surface area contributed by atoms with E-state index in [0.29, 0.717) is 26.3 Å². The van der Waals surface area contributed by atoms with Gasteiger partial charge in [-0.2, -0.15) is 0 Å². The van der Waals surface area contributed by atoms with Crippen LogP contribution in [0.1, 0.15) is 4.88 Å². The summed E-state index contributed by atoms with van der Waals surface area (Å²) in [5, 5.41) is 22.8. The van der Waals surface area contributed by atoms with Gasteiger partial charge in [-0.1, -0.05) is 6.07 Å². The maximum Gasteiger partial charge on any atom is 0.0897 e. The summed E-state index contributed by atoms with van der Waals surface area (Å²) in [6.45, 7) is 1.90. The van der Waals surface area contributed by atoms with Crippen molar-refractivity contribution >= 4 is 11.3 Å². The van der Waals surface area contributed by atoms with E-state index in [2.05, 4.69) is 5.32 Å². The number of hydrogen-bond acceptors (Lipinski definition) is 5. The maximum absolute atomic E-state index is 9.44. The SMILES string of the molecule is OCCNCC(O)COCc1cccs1. The third kappa shape index (κ3) is 5.86. The molecule has 1 unspecified atom stereocenters. The summed E-state index contributed by atoms with van der Waals surface area (Å²) < 4.78 is 5.33. The van der Waals surface area contributed by atoms with Gasteiger partial charge in [0, 0.05) is 18.0 Å². The zero-order valence-electron chi connectivity index (χ0n) is 8.56. The average molecular weight is 231 g/mol. The molecule has 0 aliphatic heterocycles. The number of rotatable bonds is 8. The Bertz CT molecular complexity index is 241. The number of nitrogens with one attached hydrogen (secondary N) is 1. The van der Waals surface area contributed by atoms with E-state index >= 15 is 0 Å². The third-order valence-corrected chi connectivity index (χ3v) is 2.65. The molecule has 0 radical (unpaired) electrons. The summed E-state index contributed by atoms with van der Waals surface area (Å²) in [6, 6.07) is 3.98. The Labute approximate surface area is 93.5 Å². The molecule has 3 N–H and O–H groups in total. The fraction of sp³-hybridized carbons (Fsp3) is 0.600. The summed E-state index contributed by atoms with van der Waals surface area (Å²) >= 11 is 1.64. The minimum Gasteiger partial charge on any atom is -0.395 e. The van der Waals surface area contributed by atoms with Gasteiger partial charge in [-0.3, -0.25) is 0 Å². The van der Waals surface area contributed by atoms with Crippen molar-refractivity contribution in [3.63, 3.8) is 0 Å². The fourth-order valence-electron chi connectivity index (χ4n) is 1.10. The molecule has 0 aliphatic carbocycles. The van der Waals surface area contributed by atoms with E-state index < -0.39 is 6.10 Å². The second-order valence-electron chi connectivity index (χ2n) is 3.18. The molecule has 0 saturated heterocycles. The van der Waals surface area contributed by atoms with Gasteiger partial charge in [0.15, 0.2) is 0 Å². The summed E-state index contributed by atoms with van der Waals surface area (Å²) in [4.78, 5) is 1.16. The standard InChI is InChI=1S/C10H17NO3S/c12-4-3-11-6-9(13)7-14-8-10-2-1-5-15-10/h1-2,5,9,11-13H,3-4,6-8H2. The molecule has 86 valence electrons. The number of ether oxygens (including phenoxy) is 1. The van der Waals surface area contributed by atoms with Crippen LogP contribution in [0.5, 0.6) is 0 Å². The Morgan fingerprint density at radius 2 is 2.40 bits per heavy atom. The van der Waals surface area contributed by atoms with Crippen LogP contribution in [-0.4, -0.2) is 42.6 Å². The highest BCUT2D eigenvalue weighted by molar-refractivity contribution is 7.09. The first-order chi connectivity index (χ1) is 7.33. The van der Waals surface area contributed by atoms with Crippen LogP contribution in [0.25, 0.3) is 0 Å². The molecule has 0 fully saturated rings. The smallest absolute Gasteiger partial charge is 0.0897 e. The van der Waals surface area contributed by atoms with Crippen molar-refractivity contribution < 1.29 is 14.9 Å². The molecule has 0 amide bonds. The predicted octanol–water partition coefficient (Wildman–Crippen LogP) is 0.207. The maximum atomic E-state index is 9.44. The van der Waals surface area contributed by atoms with Crippen LogP contribution in [0, 0.1) is 0 Å². The van der Waals surface area contributed by atoms with Crippen molar-refractivity contribution in [2.24, 2.45) is 0 Å². The van der Waals surface area contributed by atoms with E-state index in [1.807, 2.05) is 17.5 Å². The highest BCUT2D eigenvalue weighted by atomic mass is 32.1. The highest BCUT2D eigenvalue weighted by Crippen LogP contribution is 2.09. The van der Waals surface area contributed by atoms with Crippen molar-refractivity contribution in [3.05, 3.63) is 22.4 Å². The van der Waals surface area contributed by atoms with Gasteiger partial charge in [0.25, 0.3) is 0 Å². The first-order valence-corrected chi connectivity index (χ1v) is 5.80. The lowest BCUT2D eigenvalue weighted by molar-refractivity contribution is 0.0295. The molecule has 5 heteroatoms. The van der Waals surface area contributed by atoms with Crippen LogP contribution in [-0.2, 0) is 11.3 Å². The monoisotopic (exact) mass is 231 g/mol. The highest BCUT2D eigenvalue weighted by Gasteiger charge is 2.03. The fourth-order valence-corrected chi connectivity index (χ4v) is 1.74. The first-order valence-electron chi connectivity index (χ1n) is 4.92. The topological polar surface area (TPSA) is 61.7 Å². The summed E-state index contributed by atoms with van der Waals surface area (Å²) in [5.41, 5.74) is 0.